The molecular weight excluding hydrogens is 276 g/mol. The molecule has 4 heteroatoms. The largest absolute Gasteiger partial charge is 0.353 e. The summed E-state index contributed by atoms with van der Waals surface area (Å²) in [5, 5.41) is 5.67. The third-order valence-corrected chi connectivity index (χ3v) is 2.80. The highest BCUT2D eigenvalue weighted by Crippen LogP contribution is 1.98. The van der Waals surface area contributed by atoms with Crippen LogP contribution >= 0.6 is 0 Å². The molecule has 0 aliphatic heterocycles. The average Bonchev–Trinajstić information content (AvgIpc) is 2.50. The van der Waals surface area contributed by atoms with E-state index in [-0.39, 0.29) is 11.8 Å². The van der Waals surface area contributed by atoms with Gasteiger partial charge in [0.15, 0.2) is 0 Å². The van der Waals surface area contributed by atoms with E-state index in [1.165, 1.54) is 12.2 Å². The second kappa shape index (κ2) is 15.3. The fourth-order valence-electron chi connectivity index (χ4n) is 1.65. The van der Waals surface area contributed by atoms with Gasteiger partial charge in [-0.05, 0) is 26.7 Å². The van der Waals surface area contributed by atoms with Gasteiger partial charge < -0.3 is 10.6 Å². The summed E-state index contributed by atoms with van der Waals surface area (Å²) in [5.41, 5.74) is 0. The van der Waals surface area contributed by atoms with Crippen molar-refractivity contribution in [3.8, 4) is 0 Å². The Hall–Kier alpha value is -2.10. The minimum atomic E-state index is -0.0571. The van der Waals surface area contributed by atoms with Crippen LogP contribution in [0.4, 0.5) is 0 Å². The molecule has 0 bridgehead atoms. The van der Waals surface area contributed by atoms with E-state index < -0.39 is 0 Å². The van der Waals surface area contributed by atoms with Gasteiger partial charge in [0.2, 0.25) is 11.8 Å². The summed E-state index contributed by atoms with van der Waals surface area (Å²) in [6.45, 7) is 5.20. The average molecular weight is 304 g/mol. The van der Waals surface area contributed by atoms with E-state index in [0.29, 0.717) is 13.1 Å². The SMILES string of the molecule is CC=CC=CC(=O)NCCCCCCNC(=O)C=CC=CC. The Kier molecular flexibility index (Phi) is 13.8. The van der Waals surface area contributed by atoms with Crippen LogP contribution < -0.4 is 10.6 Å². The molecule has 0 spiro atoms. The number of amides is 2. The van der Waals surface area contributed by atoms with Gasteiger partial charge in [-0.1, -0.05) is 49.3 Å². The minimum absolute atomic E-state index is 0.0571. The number of unbranched alkanes of at least 4 members (excludes halogenated alkanes) is 3. The molecule has 0 heterocycles. The molecule has 0 unspecified atom stereocenters. The predicted octanol–water partition coefficient (Wildman–Crippen LogP) is 3.04. The molecule has 0 saturated heterocycles. The van der Waals surface area contributed by atoms with Crippen molar-refractivity contribution in [2.24, 2.45) is 0 Å². The van der Waals surface area contributed by atoms with Crippen LogP contribution in [0.15, 0.2) is 48.6 Å². The van der Waals surface area contributed by atoms with Gasteiger partial charge >= 0.3 is 0 Å². The molecule has 0 atom stereocenters. The minimum Gasteiger partial charge on any atom is -0.353 e. The topological polar surface area (TPSA) is 58.2 Å². The predicted molar refractivity (Wildman–Crippen MR) is 92.4 cm³/mol. The molecule has 122 valence electrons. The van der Waals surface area contributed by atoms with Gasteiger partial charge in [-0.3, -0.25) is 9.59 Å². The Morgan fingerprint density at radius 3 is 1.45 bits per heavy atom. The van der Waals surface area contributed by atoms with Gasteiger partial charge in [0, 0.05) is 25.2 Å². The lowest BCUT2D eigenvalue weighted by Gasteiger charge is -2.03. The summed E-state index contributed by atoms with van der Waals surface area (Å²) >= 11 is 0. The molecule has 2 N–H and O–H groups in total. The summed E-state index contributed by atoms with van der Waals surface area (Å²) < 4.78 is 0. The number of carbonyl (C=O) groups excluding carboxylic acids is 2. The lowest BCUT2D eigenvalue weighted by Crippen LogP contribution is -2.23. The number of rotatable bonds is 11. The van der Waals surface area contributed by atoms with E-state index in [1.807, 2.05) is 38.2 Å². The number of nitrogens with one attached hydrogen (secondary N) is 2. The Morgan fingerprint density at radius 2 is 1.09 bits per heavy atom. The van der Waals surface area contributed by atoms with Crippen LogP contribution in [-0.2, 0) is 9.59 Å². The normalized spacial score (nSPS) is 11.9. The Morgan fingerprint density at radius 1 is 0.682 bits per heavy atom. The van der Waals surface area contributed by atoms with Crippen molar-refractivity contribution in [1.82, 2.24) is 10.6 Å². The smallest absolute Gasteiger partial charge is 0.243 e. The van der Waals surface area contributed by atoms with E-state index >= 15 is 0 Å². The van der Waals surface area contributed by atoms with Gasteiger partial charge in [-0.2, -0.15) is 0 Å². The van der Waals surface area contributed by atoms with E-state index in [2.05, 4.69) is 10.6 Å². The van der Waals surface area contributed by atoms with Crippen LogP contribution in [0.3, 0.4) is 0 Å². The molecule has 0 radical (unpaired) electrons. The number of hydrogen-bond donors (Lipinski definition) is 2. The third-order valence-electron chi connectivity index (χ3n) is 2.80. The molecule has 0 aromatic rings. The summed E-state index contributed by atoms with van der Waals surface area (Å²) in [6.07, 6.45) is 17.9. The van der Waals surface area contributed by atoms with Crippen LogP contribution in [0.2, 0.25) is 0 Å². The molecule has 2 amide bonds. The van der Waals surface area contributed by atoms with Crippen molar-refractivity contribution in [3.05, 3.63) is 48.6 Å². The fraction of sp³-hybridized carbons (Fsp3) is 0.444. The van der Waals surface area contributed by atoms with E-state index in [4.69, 9.17) is 0 Å². The first-order valence-corrected chi connectivity index (χ1v) is 7.85. The lowest BCUT2D eigenvalue weighted by atomic mass is 10.2. The number of carbonyl (C=O) groups is 2. The number of allylic oxidation sites excluding steroid dienone is 6. The summed E-state index contributed by atoms with van der Waals surface area (Å²) in [4.78, 5) is 22.7. The molecule has 0 aromatic carbocycles. The Labute approximate surface area is 134 Å². The molecule has 0 aliphatic carbocycles. The maximum absolute atomic E-state index is 11.3. The van der Waals surface area contributed by atoms with E-state index in [1.54, 1.807) is 12.2 Å². The Bertz CT molecular complexity index is 381. The van der Waals surface area contributed by atoms with Crippen molar-refractivity contribution < 1.29 is 9.59 Å². The van der Waals surface area contributed by atoms with Gasteiger partial charge in [0.25, 0.3) is 0 Å². The lowest BCUT2D eigenvalue weighted by molar-refractivity contribution is -0.117. The fourth-order valence-corrected chi connectivity index (χ4v) is 1.65. The molecule has 0 rings (SSSR count). The highest BCUT2D eigenvalue weighted by Gasteiger charge is 1.96. The van der Waals surface area contributed by atoms with Crippen molar-refractivity contribution in [2.75, 3.05) is 13.1 Å². The van der Waals surface area contributed by atoms with E-state index in [9.17, 15) is 9.59 Å². The highest BCUT2D eigenvalue weighted by atomic mass is 16.2. The van der Waals surface area contributed by atoms with Crippen LogP contribution in [0, 0.1) is 0 Å². The molecular formula is C18H28N2O2. The van der Waals surface area contributed by atoms with Crippen LogP contribution in [0.25, 0.3) is 0 Å². The molecule has 0 aromatic heterocycles. The summed E-state index contributed by atoms with van der Waals surface area (Å²) in [5.74, 6) is -0.114. The standard InChI is InChI=1S/C18H28N2O2/c1-3-5-9-13-17(21)19-15-11-7-8-12-16-20-18(22)14-10-6-4-2/h3-6,9-10,13-14H,7-8,11-12,15-16H2,1-2H3,(H,19,21)(H,20,22). The molecule has 0 aliphatic rings. The quantitative estimate of drug-likeness (QED) is 0.350. The maximum Gasteiger partial charge on any atom is 0.243 e. The Balaban J connectivity index is 3.44. The van der Waals surface area contributed by atoms with E-state index in [0.717, 1.165) is 25.7 Å². The number of hydrogen-bond acceptors (Lipinski definition) is 2. The van der Waals surface area contributed by atoms with Gasteiger partial charge in [0.05, 0.1) is 0 Å². The van der Waals surface area contributed by atoms with Crippen LogP contribution in [0.5, 0.6) is 0 Å². The molecule has 0 saturated carbocycles. The van der Waals surface area contributed by atoms with Crippen molar-refractivity contribution in [3.63, 3.8) is 0 Å². The van der Waals surface area contributed by atoms with Crippen LogP contribution in [-0.4, -0.2) is 24.9 Å². The van der Waals surface area contributed by atoms with Gasteiger partial charge in [-0.25, -0.2) is 0 Å². The second-order valence-corrected chi connectivity index (χ2v) is 4.77. The first-order chi connectivity index (χ1) is 10.7. The third kappa shape index (κ3) is 14.3. The first kappa shape index (κ1) is 19.9. The zero-order chi connectivity index (χ0) is 16.5. The van der Waals surface area contributed by atoms with Gasteiger partial charge in [0.1, 0.15) is 0 Å². The van der Waals surface area contributed by atoms with Crippen molar-refractivity contribution in [2.45, 2.75) is 39.5 Å². The first-order valence-electron chi connectivity index (χ1n) is 7.85. The van der Waals surface area contributed by atoms with Crippen molar-refractivity contribution >= 4 is 11.8 Å². The van der Waals surface area contributed by atoms with Crippen molar-refractivity contribution in [1.29, 1.82) is 0 Å². The highest BCUT2D eigenvalue weighted by molar-refractivity contribution is 5.88. The maximum atomic E-state index is 11.3. The molecule has 4 nitrogen and oxygen atoms in total. The van der Waals surface area contributed by atoms with Gasteiger partial charge in [-0.15, -0.1) is 0 Å². The summed E-state index contributed by atoms with van der Waals surface area (Å²) in [7, 11) is 0. The monoisotopic (exact) mass is 304 g/mol. The summed E-state index contributed by atoms with van der Waals surface area (Å²) in [6, 6.07) is 0. The molecule has 0 fully saturated rings. The zero-order valence-electron chi connectivity index (χ0n) is 13.7. The van der Waals surface area contributed by atoms with Crippen LogP contribution in [0.1, 0.15) is 39.5 Å². The molecule has 22 heavy (non-hydrogen) atoms. The zero-order valence-corrected chi connectivity index (χ0v) is 13.7. The second-order valence-electron chi connectivity index (χ2n) is 4.77.